The molecule has 1 aliphatic heterocycles. The number of fused-ring (bicyclic) bond motifs is 1. The van der Waals surface area contributed by atoms with E-state index in [-0.39, 0.29) is 6.10 Å². The van der Waals surface area contributed by atoms with Gasteiger partial charge in [0.1, 0.15) is 11.6 Å². The van der Waals surface area contributed by atoms with Crippen molar-refractivity contribution in [1.82, 2.24) is 9.55 Å². The van der Waals surface area contributed by atoms with Gasteiger partial charge in [-0.3, -0.25) is 0 Å². The summed E-state index contributed by atoms with van der Waals surface area (Å²) in [6.07, 6.45) is 5.78. The molecule has 2 aromatic rings. The van der Waals surface area contributed by atoms with Gasteiger partial charge in [-0.1, -0.05) is 6.92 Å². The van der Waals surface area contributed by atoms with Gasteiger partial charge in [0.2, 0.25) is 0 Å². The number of ether oxygens (including phenoxy) is 1. The molecule has 0 N–H and O–H groups in total. The van der Waals surface area contributed by atoms with Gasteiger partial charge in [-0.05, 0) is 44.0 Å². The van der Waals surface area contributed by atoms with Crippen LogP contribution in [0.1, 0.15) is 32.5 Å². The van der Waals surface area contributed by atoms with E-state index >= 15 is 0 Å². The van der Waals surface area contributed by atoms with Gasteiger partial charge in [0.05, 0.1) is 11.8 Å². The second-order valence-electron chi connectivity index (χ2n) is 5.20. The highest BCUT2D eigenvalue weighted by atomic mass is 16.5. The molecule has 19 heavy (non-hydrogen) atoms. The third-order valence-electron chi connectivity index (χ3n) is 3.72. The lowest BCUT2D eigenvalue weighted by atomic mass is 10.1. The lowest BCUT2D eigenvalue weighted by molar-refractivity contribution is 0.217. The van der Waals surface area contributed by atoms with Crippen LogP contribution in [0.2, 0.25) is 0 Å². The Bertz CT molecular complexity index is 535. The molecule has 3 heteroatoms. The van der Waals surface area contributed by atoms with E-state index in [1.807, 2.05) is 12.1 Å². The van der Waals surface area contributed by atoms with Crippen molar-refractivity contribution < 1.29 is 4.74 Å². The summed E-state index contributed by atoms with van der Waals surface area (Å²) >= 11 is 0. The van der Waals surface area contributed by atoms with Gasteiger partial charge in [-0.15, -0.1) is 0 Å². The molecule has 1 aliphatic rings. The standard InChI is InChI=1S/C16H20N2O/c1-3-12(2)19-14-8-6-13(7-9-14)15-11-18-10-4-5-16(18)17-15/h6-9,11-12H,3-5,10H2,1-2H3. The Balaban J connectivity index is 1.78. The van der Waals surface area contributed by atoms with E-state index in [1.165, 1.54) is 17.8 Å². The Labute approximate surface area is 114 Å². The van der Waals surface area contributed by atoms with Gasteiger partial charge in [-0.2, -0.15) is 0 Å². The van der Waals surface area contributed by atoms with E-state index in [4.69, 9.17) is 4.74 Å². The van der Waals surface area contributed by atoms with Crippen LogP contribution in [0.4, 0.5) is 0 Å². The molecule has 3 nitrogen and oxygen atoms in total. The Hall–Kier alpha value is -1.77. The lowest BCUT2D eigenvalue weighted by Gasteiger charge is -2.12. The number of rotatable bonds is 4. The van der Waals surface area contributed by atoms with E-state index in [1.54, 1.807) is 0 Å². The minimum absolute atomic E-state index is 0.266. The SMILES string of the molecule is CCC(C)Oc1ccc(-c2cn3c(n2)CCC3)cc1. The number of aromatic nitrogens is 2. The van der Waals surface area contributed by atoms with Crippen molar-refractivity contribution in [3.63, 3.8) is 0 Å². The molecular weight excluding hydrogens is 236 g/mol. The highest BCUT2D eigenvalue weighted by molar-refractivity contribution is 5.59. The fraction of sp³-hybridized carbons (Fsp3) is 0.438. The van der Waals surface area contributed by atoms with Crippen molar-refractivity contribution in [2.24, 2.45) is 0 Å². The largest absolute Gasteiger partial charge is 0.491 e. The van der Waals surface area contributed by atoms with Crippen molar-refractivity contribution in [2.45, 2.75) is 45.8 Å². The fourth-order valence-corrected chi connectivity index (χ4v) is 2.41. The zero-order chi connectivity index (χ0) is 13.2. The van der Waals surface area contributed by atoms with Crippen molar-refractivity contribution in [3.8, 4) is 17.0 Å². The second-order valence-corrected chi connectivity index (χ2v) is 5.20. The highest BCUT2D eigenvalue weighted by Gasteiger charge is 2.14. The maximum absolute atomic E-state index is 5.79. The van der Waals surface area contributed by atoms with Gasteiger partial charge in [0.15, 0.2) is 0 Å². The first-order chi connectivity index (χ1) is 9.26. The maximum atomic E-state index is 5.79. The molecular formula is C16H20N2O. The van der Waals surface area contributed by atoms with Gasteiger partial charge in [-0.25, -0.2) is 4.98 Å². The average molecular weight is 256 g/mol. The first kappa shape index (κ1) is 12.3. The third kappa shape index (κ3) is 2.50. The molecule has 0 saturated heterocycles. The van der Waals surface area contributed by atoms with E-state index in [0.29, 0.717) is 0 Å². The molecule has 0 amide bonds. The van der Waals surface area contributed by atoms with Crippen molar-refractivity contribution >= 4 is 0 Å². The molecule has 0 aliphatic carbocycles. The summed E-state index contributed by atoms with van der Waals surface area (Å²) in [4.78, 5) is 4.69. The van der Waals surface area contributed by atoms with Crippen molar-refractivity contribution in [1.29, 1.82) is 0 Å². The first-order valence-electron chi connectivity index (χ1n) is 7.09. The zero-order valence-corrected chi connectivity index (χ0v) is 11.6. The van der Waals surface area contributed by atoms with Crippen LogP contribution in [0.15, 0.2) is 30.5 Å². The predicted octanol–water partition coefficient (Wildman–Crippen LogP) is 3.67. The van der Waals surface area contributed by atoms with E-state index in [0.717, 1.165) is 30.8 Å². The van der Waals surface area contributed by atoms with Gasteiger partial charge >= 0.3 is 0 Å². The molecule has 100 valence electrons. The summed E-state index contributed by atoms with van der Waals surface area (Å²) in [5.41, 5.74) is 2.24. The molecule has 1 unspecified atom stereocenters. The quantitative estimate of drug-likeness (QED) is 0.834. The zero-order valence-electron chi connectivity index (χ0n) is 11.6. The van der Waals surface area contributed by atoms with Crippen LogP contribution in [-0.2, 0) is 13.0 Å². The summed E-state index contributed by atoms with van der Waals surface area (Å²) < 4.78 is 8.05. The number of aryl methyl sites for hydroxylation is 2. The monoisotopic (exact) mass is 256 g/mol. The summed E-state index contributed by atoms with van der Waals surface area (Å²) in [6, 6.07) is 8.25. The van der Waals surface area contributed by atoms with Crippen LogP contribution in [0.3, 0.4) is 0 Å². The molecule has 1 aromatic carbocycles. The van der Waals surface area contributed by atoms with Crippen LogP contribution in [0, 0.1) is 0 Å². The third-order valence-corrected chi connectivity index (χ3v) is 3.72. The topological polar surface area (TPSA) is 27.1 Å². The summed E-state index contributed by atoms with van der Waals surface area (Å²) in [6.45, 7) is 5.33. The van der Waals surface area contributed by atoms with E-state index in [2.05, 4.69) is 41.7 Å². The minimum Gasteiger partial charge on any atom is -0.491 e. The molecule has 0 bridgehead atoms. The predicted molar refractivity (Wildman–Crippen MR) is 76.4 cm³/mol. The second kappa shape index (κ2) is 5.08. The van der Waals surface area contributed by atoms with Crippen LogP contribution in [-0.4, -0.2) is 15.7 Å². The number of imidazole rings is 1. The summed E-state index contributed by atoms with van der Waals surface area (Å²) in [5, 5.41) is 0. The minimum atomic E-state index is 0.266. The molecule has 1 atom stereocenters. The van der Waals surface area contributed by atoms with E-state index in [9.17, 15) is 0 Å². The maximum Gasteiger partial charge on any atom is 0.119 e. The number of hydrogen-bond acceptors (Lipinski definition) is 2. The van der Waals surface area contributed by atoms with Crippen molar-refractivity contribution in [2.75, 3.05) is 0 Å². The van der Waals surface area contributed by atoms with E-state index < -0.39 is 0 Å². The average Bonchev–Trinajstić information content (AvgIpc) is 3.00. The van der Waals surface area contributed by atoms with Gasteiger partial charge < -0.3 is 9.30 Å². The number of benzene rings is 1. The Morgan fingerprint density at radius 1 is 1.32 bits per heavy atom. The summed E-state index contributed by atoms with van der Waals surface area (Å²) in [7, 11) is 0. The van der Waals surface area contributed by atoms with Gasteiger partial charge in [0.25, 0.3) is 0 Å². The fourth-order valence-electron chi connectivity index (χ4n) is 2.41. The normalized spacial score (nSPS) is 15.3. The van der Waals surface area contributed by atoms with Crippen LogP contribution >= 0.6 is 0 Å². The number of hydrogen-bond donors (Lipinski definition) is 0. The van der Waals surface area contributed by atoms with Crippen LogP contribution in [0.5, 0.6) is 5.75 Å². The molecule has 0 spiro atoms. The molecule has 1 aromatic heterocycles. The molecule has 0 saturated carbocycles. The van der Waals surface area contributed by atoms with Crippen LogP contribution < -0.4 is 4.74 Å². The molecule has 2 heterocycles. The number of nitrogens with zero attached hydrogens (tertiary/aromatic N) is 2. The Morgan fingerprint density at radius 3 is 2.79 bits per heavy atom. The highest BCUT2D eigenvalue weighted by Crippen LogP contribution is 2.25. The summed E-state index contributed by atoms with van der Waals surface area (Å²) in [5.74, 6) is 2.15. The van der Waals surface area contributed by atoms with Crippen molar-refractivity contribution in [3.05, 3.63) is 36.3 Å². The molecule has 0 fully saturated rings. The Kier molecular flexibility index (Phi) is 3.28. The first-order valence-corrected chi connectivity index (χ1v) is 7.09. The lowest BCUT2D eigenvalue weighted by Crippen LogP contribution is -2.09. The molecule has 0 radical (unpaired) electrons. The van der Waals surface area contributed by atoms with Gasteiger partial charge in [0, 0.05) is 24.7 Å². The smallest absolute Gasteiger partial charge is 0.119 e. The Morgan fingerprint density at radius 2 is 2.11 bits per heavy atom. The molecule has 3 rings (SSSR count). The van der Waals surface area contributed by atoms with Crippen LogP contribution in [0.25, 0.3) is 11.3 Å².